The number of Topliss-reactive ketones (excluding diaryl/α,β-unsaturated/α-hetero) is 1. The van der Waals surface area contributed by atoms with Gasteiger partial charge in [0, 0.05) is 0 Å². The lowest BCUT2D eigenvalue weighted by atomic mass is 10.0. The summed E-state index contributed by atoms with van der Waals surface area (Å²) >= 11 is 5.89. The second-order valence-electron chi connectivity index (χ2n) is 3.13. The number of methoxy groups -OCH3 is 1. The molecule has 0 spiro atoms. The third-order valence-electron chi connectivity index (χ3n) is 1.96. The standard InChI is InChI=1S/C10H12ClNO3/c1-5(12)10(14)8-6(13)3-4-7(15-2)9(8)11/h3-5,13H,12H2,1-2H3. The van der Waals surface area contributed by atoms with Gasteiger partial charge < -0.3 is 15.6 Å². The van der Waals surface area contributed by atoms with E-state index in [1.807, 2.05) is 0 Å². The van der Waals surface area contributed by atoms with Gasteiger partial charge in [-0.25, -0.2) is 0 Å². The van der Waals surface area contributed by atoms with Gasteiger partial charge in [-0.15, -0.1) is 0 Å². The number of hydrogen-bond acceptors (Lipinski definition) is 4. The number of phenols is 1. The predicted octanol–water partition coefficient (Wildman–Crippen LogP) is 1.58. The number of halogens is 1. The number of ether oxygens (including phenoxy) is 1. The number of nitrogens with two attached hydrogens (primary N) is 1. The zero-order chi connectivity index (χ0) is 11.6. The minimum absolute atomic E-state index is 0.00557. The summed E-state index contributed by atoms with van der Waals surface area (Å²) in [5.74, 6) is -0.280. The van der Waals surface area contributed by atoms with Crippen molar-refractivity contribution in [2.24, 2.45) is 5.73 Å². The fraction of sp³-hybridized carbons (Fsp3) is 0.300. The summed E-state index contributed by atoms with van der Waals surface area (Å²) in [6.07, 6.45) is 0. The first-order chi connectivity index (χ1) is 6.99. The van der Waals surface area contributed by atoms with Crippen LogP contribution in [0.25, 0.3) is 0 Å². The Bertz CT molecular complexity index is 390. The van der Waals surface area contributed by atoms with Crippen LogP contribution in [0.1, 0.15) is 17.3 Å². The summed E-state index contributed by atoms with van der Waals surface area (Å²) in [6.45, 7) is 1.53. The number of carbonyl (C=O) groups excluding carboxylic acids is 1. The zero-order valence-corrected chi connectivity index (χ0v) is 9.21. The number of hydrogen-bond donors (Lipinski definition) is 2. The Labute approximate surface area is 92.6 Å². The van der Waals surface area contributed by atoms with E-state index in [0.717, 1.165) is 0 Å². The molecule has 0 amide bonds. The second kappa shape index (κ2) is 4.51. The summed E-state index contributed by atoms with van der Waals surface area (Å²) in [5, 5.41) is 9.60. The van der Waals surface area contributed by atoms with Crippen molar-refractivity contribution in [2.75, 3.05) is 7.11 Å². The Kier molecular flexibility index (Phi) is 3.55. The van der Waals surface area contributed by atoms with E-state index in [2.05, 4.69) is 0 Å². The lowest BCUT2D eigenvalue weighted by Crippen LogP contribution is -2.27. The minimum atomic E-state index is -0.722. The number of aromatic hydroxyl groups is 1. The molecule has 0 aromatic heterocycles. The van der Waals surface area contributed by atoms with Crippen molar-refractivity contribution in [2.45, 2.75) is 13.0 Å². The van der Waals surface area contributed by atoms with E-state index in [1.54, 1.807) is 0 Å². The van der Waals surface area contributed by atoms with Crippen molar-refractivity contribution in [1.29, 1.82) is 0 Å². The highest BCUT2D eigenvalue weighted by Crippen LogP contribution is 2.34. The van der Waals surface area contributed by atoms with Gasteiger partial charge in [0.25, 0.3) is 0 Å². The van der Waals surface area contributed by atoms with Crippen molar-refractivity contribution in [1.82, 2.24) is 0 Å². The summed E-state index contributed by atoms with van der Waals surface area (Å²) in [7, 11) is 1.43. The van der Waals surface area contributed by atoms with Crippen LogP contribution in [0, 0.1) is 0 Å². The summed E-state index contributed by atoms with van der Waals surface area (Å²) in [4.78, 5) is 11.6. The minimum Gasteiger partial charge on any atom is -0.507 e. The van der Waals surface area contributed by atoms with Crippen LogP contribution in [0.5, 0.6) is 11.5 Å². The number of rotatable bonds is 3. The zero-order valence-electron chi connectivity index (χ0n) is 8.45. The Morgan fingerprint density at radius 1 is 1.60 bits per heavy atom. The third kappa shape index (κ3) is 2.22. The quantitative estimate of drug-likeness (QED) is 0.772. The molecule has 3 N–H and O–H groups in total. The van der Waals surface area contributed by atoms with Gasteiger partial charge >= 0.3 is 0 Å². The number of ketones is 1. The number of carbonyl (C=O) groups is 1. The monoisotopic (exact) mass is 229 g/mol. The summed E-state index contributed by atoms with van der Waals surface area (Å²) in [5.41, 5.74) is 5.44. The molecule has 0 radical (unpaired) electrons. The molecule has 5 heteroatoms. The van der Waals surface area contributed by atoms with Gasteiger partial charge in [-0.3, -0.25) is 4.79 Å². The molecule has 0 saturated carbocycles. The maximum absolute atomic E-state index is 11.6. The van der Waals surface area contributed by atoms with Crippen LogP contribution in [0.15, 0.2) is 12.1 Å². The van der Waals surface area contributed by atoms with Crippen LogP contribution in [-0.4, -0.2) is 24.0 Å². The molecule has 4 nitrogen and oxygen atoms in total. The molecule has 0 saturated heterocycles. The third-order valence-corrected chi connectivity index (χ3v) is 2.34. The number of phenolic OH excluding ortho intramolecular Hbond substituents is 1. The largest absolute Gasteiger partial charge is 0.507 e. The van der Waals surface area contributed by atoms with E-state index in [0.29, 0.717) is 5.75 Å². The Balaban J connectivity index is 3.33. The highest BCUT2D eigenvalue weighted by Gasteiger charge is 2.21. The Hall–Kier alpha value is -1.26. The van der Waals surface area contributed by atoms with E-state index in [4.69, 9.17) is 22.1 Å². The lowest BCUT2D eigenvalue weighted by molar-refractivity contribution is 0.0965. The maximum atomic E-state index is 11.6. The van der Waals surface area contributed by atoms with Crippen LogP contribution in [-0.2, 0) is 0 Å². The van der Waals surface area contributed by atoms with Crippen LogP contribution in [0.4, 0.5) is 0 Å². The predicted molar refractivity (Wildman–Crippen MR) is 57.6 cm³/mol. The fourth-order valence-corrected chi connectivity index (χ4v) is 1.50. The van der Waals surface area contributed by atoms with Gasteiger partial charge in [-0.1, -0.05) is 11.6 Å². The highest BCUT2D eigenvalue weighted by molar-refractivity contribution is 6.36. The molecule has 1 unspecified atom stereocenters. The maximum Gasteiger partial charge on any atom is 0.184 e. The van der Waals surface area contributed by atoms with E-state index < -0.39 is 11.8 Å². The molecule has 0 aliphatic heterocycles. The Morgan fingerprint density at radius 2 is 2.20 bits per heavy atom. The van der Waals surface area contributed by atoms with Gasteiger partial charge in [-0.05, 0) is 19.1 Å². The molecule has 0 aliphatic rings. The van der Waals surface area contributed by atoms with E-state index in [9.17, 15) is 9.90 Å². The van der Waals surface area contributed by atoms with E-state index in [1.165, 1.54) is 26.2 Å². The van der Waals surface area contributed by atoms with Crippen molar-refractivity contribution in [3.63, 3.8) is 0 Å². The van der Waals surface area contributed by atoms with Gasteiger partial charge in [0.05, 0.1) is 23.7 Å². The van der Waals surface area contributed by atoms with E-state index in [-0.39, 0.29) is 16.3 Å². The molecule has 1 atom stereocenters. The second-order valence-corrected chi connectivity index (χ2v) is 3.51. The first kappa shape index (κ1) is 11.8. The van der Waals surface area contributed by atoms with Crippen LogP contribution in [0.3, 0.4) is 0 Å². The number of benzene rings is 1. The molecular weight excluding hydrogens is 218 g/mol. The first-order valence-corrected chi connectivity index (χ1v) is 4.72. The summed E-state index contributed by atoms with van der Waals surface area (Å²) < 4.78 is 4.93. The molecule has 82 valence electrons. The molecule has 1 aromatic carbocycles. The molecule has 15 heavy (non-hydrogen) atoms. The van der Waals surface area contributed by atoms with Crippen LogP contribution in [0.2, 0.25) is 5.02 Å². The molecule has 0 bridgehead atoms. The van der Waals surface area contributed by atoms with Crippen LogP contribution < -0.4 is 10.5 Å². The van der Waals surface area contributed by atoms with E-state index >= 15 is 0 Å². The molecule has 0 fully saturated rings. The van der Waals surface area contributed by atoms with Gasteiger partial charge in [0.1, 0.15) is 11.5 Å². The van der Waals surface area contributed by atoms with Gasteiger partial charge in [-0.2, -0.15) is 0 Å². The van der Waals surface area contributed by atoms with Crippen molar-refractivity contribution in [3.8, 4) is 11.5 Å². The first-order valence-electron chi connectivity index (χ1n) is 4.34. The molecule has 1 rings (SSSR count). The molecule has 1 aromatic rings. The molecule has 0 heterocycles. The van der Waals surface area contributed by atoms with Gasteiger partial charge in [0.15, 0.2) is 5.78 Å². The van der Waals surface area contributed by atoms with Crippen molar-refractivity contribution in [3.05, 3.63) is 22.7 Å². The topological polar surface area (TPSA) is 72.5 Å². The average molecular weight is 230 g/mol. The van der Waals surface area contributed by atoms with Gasteiger partial charge in [0.2, 0.25) is 0 Å². The SMILES string of the molecule is COc1ccc(O)c(C(=O)C(C)N)c1Cl. The van der Waals surface area contributed by atoms with Crippen molar-refractivity contribution < 1.29 is 14.6 Å². The van der Waals surface area contributed by atoms with Crippen molar-refractivity contribution >= 4 is 17.4 Å². The Morgan fingerprint density at radius 3 is 2.67 bits per heavy atom. The highest BCUT2D eigenvalue weighted by atomic mass is 35.5. The van der Waals surface area contributed by atoms with Crippen LogP contribution >= 0.6 is 11.6 Å². The lowest BCUT2D eigenvalue weighted by Gasteiger charge is -2.11. The average Bonchev–Trinajstić information content (AvgIpc) is 2.17. The fourth-order valence-electron chi connectivity index (χ4n) is 1.17. The summed E-state index contributed by atoms with van der Waals surface area (Å²) in [6, 6.07) is 2.11. The smallest absolute Gasteiger partial charge is 0.184 e. The molecular formula is C10H12ClNO3. The normalized spacial score (nSPS) is 12.3. The molecule has 0 aliphatic carbocycles.